The molecule has 1 amide bonds. The number of nitriles is 1. The summed E-state index contributed by atoms with van der Waals surface area (Å²) in [5.74, 6) is 1.08. The van der Waals surface area contributed by atoms with Crippen LogP contribution in [0, 0.1) is 11.3 Å². The van der Waals surface area contributed by atoms with E-state index in [2.05, 4.69) is 42.5 Å². The third kappa shape index (κ3) is 6.53. The first-order valence-electron chi connectivity index (χ1n) is 15.2. The molecule has 0 N–H and O–H groups in total. The minimum absolute atomic E-state index is 0.246. The second-order valence-corrected chi connectivity index (χ2v) is 12.5. The number of fused-ring (bicyclic) bond motifs is 3. The topological polar surface area (TPSA) is 74.9 Å². The van der Waals surface area contributed by atoms with Gasteiger partial charge in [-0.25, -0.2) is 4.79 Å². The van der Waals surface area contributed by atoms with Crippen LogP contribution in [0.25, 0.3) is 11.1 Å². The Balaban J connectivity index is 1.22. The molecule has 2 aliphatic heterocycles. The smallest absolute Gasteiger partial charge is 0.410 e. The molecule has 0 radical (unpaired) electrons. The van der Waals surface area contributed by atoms with E-state index in [9.17, 15) is 10.1 Å². The van der Waals surface area contributed by atoms with Gasteiger partial charge in [0.15, 0.2) is 0 Å². The lowest BCUT2D eigenvalue weighted by Gasteiger charge is -2.25. The fourth-order valence-electron chi connectivity index (χ4n) is 5.95. The maximum atomic E-state index is 12.6. The summed E-state index contributed by atoms with van der Waals surface area (Å²) in [7, 11) is 0. The minimum Gasteiger partial charge on any atom is -0.488 e. The number of aliphatic imine (C=N–C) groups is 1. The van der Waals surface area contributed by atoms with Gasteiger partial charge in [0.2, 0.25) is 0 Å². The van der Waals surface area contributed by atoms with Gasteiger partial charge in [-0.05, 0) is 55.5 Å². The van der Waals surface area contributed by atoms with Crippen LogP contribution in [-0.2, 0) is 17.8 Å². The molecule has 0 aromatic heterocycles. The van der Waals surface area contributed by atoms with Crippen LogP contribution in [-0.4, -0.2) is 41.4 Å². The van der Waals surface area contributed by atoms with Gasteiger partial charge in [0.25, 0.3) is 0 Å². The Morgan fingerprint density at radius 1 is 0.977 bits per heavy atom. The Hall–Kier alpha value is -4.89. The summed E-state index contributed by atoms with van der Waals surface area (Å²) in [6, 6.07) is 34.7. The highest BCUT2D eigenvalue weighted by molar-refractivity contribution is 6.13. The van der Waals surface area contributed by atoms with Crippen LogP contribution in [0.3, 0.4) is 0 Å². The van der Waals surface area contributed by atoms with E-state index in [1.807, 2.05) is 86.3 Å². The molecule has 2 heterocycles. The van der Waals surface area contributed by atoms with Gasteiger partial charge in [0.05, 0.1) is 11.8 Å². The summed E-state index contributed by atoms with van der Waals surface area (Å²) in [5.41, 5.74) is 7.85. The van der Waals surface area contributed by atoms with Gasteiger partial charge in [0, 0.05) is 42.1 Å². The molecule has 222 valence electrons. The summed E-state index contributed by atoms with van der Waals surface area (Å²) < 4.78 is 11.8. The zero-order valence-corrected chi connectivity index (χ0v) is 25.5. The van der Waals surface area contributed by atoms with E-state index < -0.39 is 11.6 Å². The standard InChI is InChI=1S/C38H37N3O3/c1-38(2,3)44-37(42)41-19-18-30(24-41)29-15-16-31-25-43-35-21-26(14-17-33(35)34(31)22-29)20-32(23-39)40-36(27-10-6-4-7-11-27)28-12-8-5-9-13-28/h4-17,21-22,30,32H,18-20,24-25H2,1-3H3. The van der Waals surface area contributed by atoms with E-state index in [4.69, 9.17) is 14.5 Å². The lowest BCUT2D eigenvalue weighted by molar-refractivity contribution is 0.0292. The Kier molecular flexibility index (Phi) is 8.21. The van der Waals surface area contributed by atoms with E-state index in [1.165, 1.54) is 5.56 Å². The van der Waals surface area contributed by atoms with E-state index in [-0.39, 0.29) is 12.0 Å². The monoisotopic (exact) mass is 583 g/mol. The highest BCUT2D eigenvalue weighted by atomic mass is 16.6. The third-order valence-corrected chi connectivity index (χ3v) is 8.12. The van der Waals surface area contributed by atoms with Crippen molar-refractivity contribution in [3.8, 4) is 22.9 Å². The van der Waals surface area contributed by atoms with Crippen LogP contribution >= 0.6 is 0 Å². The molecule has 0 spiro atoms. The normalized spacial score (nSPS) is 16.1. The average molecular weight is 584 g/mol. The van der Waals surface area contributed by atoms with Crippen LogP contribution in [0.2, 0.25) is 0 Å². The molecule has 2 aliphatic rings. The van der Waals surface area contributed by atoms with Crippen LogP contribution in [0.15, 0.2) is 102 Å². The number of nitrogens with zero attached hydrogens (tertiary/aromatic N) is 3. The number of carbonyl (C=O) groups excluding carboxylic acids is 1. The highest BCUT2D eigenvalue weighted by Crippen LogP contribution is 2.41. The molecule has 6 rings (SSSR count). The van der Waals surface area contributed by atoms with Crippen molar-refractivity contribution in [2.24, 2.45) is 4.99 Å². The van der Waals surface area contributed by atoms with Crippen molar-refractivity contribution in [1.82, 2.24) is 4.90 Å². The molecule has 4 aromatic carbocycles. The van der Waals surface area contributed by atoms with Crippen LogP contribution < -0.4 is 4.74 Å². The predicted octanol–water partition coefficient (Wildman–Crippen LogP) is 7.94. The third-order valence-electron chi connectivity index (χ3n) is 8.12. The van der Waals surface area contributed by atoms with E-state index >= 15 is 0 Å². The Bertz CT molecular complexity index is 1680. The maximum Gasteiger partial charge on any atom is 0.410 e. The molecule has 0 saturated carbocycles. The molecular formula is C38H37N3O3. The van der Waals surface area contributed by atoms with Crippen molar-refractivity contribution < 1.29 is 14.3 Å². The largest absolute Gasteiger partial charge is 0.488 e. The molecule has 0 aliphatic carbocycles. The summed E-state index contributed by atoms with van der Waals surface area (Å²) in [5, 5.41) is 10.1. The van der Waals surface area contributed by atoms with Gasteiger partial charge in [-0.3, -0.25) is 4.99 Å². The number of amides is 1. The fraction of sp³-hybridized carbons (Fsp3) is 0.289. The quantitative estimate of drug-likeness (QED) is 0.216. The molecule has 2 unspecified atom stereocenters. The van der Waals surface area contributed by atoms with Crippen molar-refractivity contribution in [1.29, 1.82) is 5.26 Å². The SMILES string of the molecule is CC(C)(C)OC(=O)N1CCC(c2ccc3c(c2)-c2ccc(CC(C#N)N=C(c4ccccc4)c4ccccc4)cc2OC3)C1. The first kappa shape index (κ1) is 29.2. The number of ether oxygens (including phenoxy) is 2. The molecule has 44 heavy (non-hydrogen) atoms. The van der Waals surface area contributed by atoms with Gasteiger partial charge in [-0.15, -0.1) is 0 Å². The van der Waals surface area contributed by atoms with Gasteiger partial charge in [0.1, 0.15) is 24.0 Å². The zero-order valence-electron chi connectivity index (χ0n) is 25.5. The maximum absolute atomic E-state index is 12.6. The molecule has 4 aromatic rings. The number of hydrogen-bond acceptors (Lipinski definition) is 5. The average Bonchev–Trinajstić information content (AvgIpc) is 3.53. The van der Waals surface area contributed by atoms with Gasteiger partial charge < -0.3 is 14.4 Å². The van der Waals surface area contributed by atoms with E-state index in [1.54, 1.807) is 0 Å². The minimum atomic E-state index is -0.554. The number of benzene rings is 4. The van der Waals surface area contributed by atoms with Gasteiger partial charge in [-0.2, -0.15) is 5.26 Å². The molecular weight excluding hydrogens is 546 g/mol. The second kappa shape index (κ2) is 12.4. The van der Waals surface area contributed by atoms with Gasteiger partial charge in [-0.1, -0.05) is 91.0 Å². The van der Waals surface area contributed by atoms with Gasteiger partial charge >= 0.3 is 6.09 Å². The highest BCUT2D eigenvalue weighted by Gasteiger charge is 2.31. The molecule has 6 nitrogen and oxygen atoms in total. The number of carbonyl (C=O) groups is 1. The molecule has 2 atom stereocenters. The summed E-state index contributed by atoms with van der Waals surface area (Å²) in [4.78, 5) is 19.4. The Labute approximate surface area is 259 Å². The van der Waals surface area contributed by atoms with E-state index in [0.717, 1.165) is 51.3 Å². The number of hydrogen-bond donors (Lipinski definition) is 0. The lowest BCUT2D eigenvalue weighted by Crippen LogP contribution is -2.35. The number of likely N-dealkylation sites (tertiary alicyclic amines) is 1. The Morgan fingerprint density at radius 2 is 1.68 bits per heavy atom. The van der Waals surface area contributed by atoms with Crippen molar-refractivity contribution in [2.45, 2.75) is 57.8 Å². The van der Waals surface area contributed by atoms with Crippen LogP contribution in [0.4, 0.5) is 4.79 Å². The lowest BCUT2D eigenvalue weighted by atomic mass is 9.89. The summed E-state index contributed by atoms with van der Waals surface area (Å²) in [6.07, 6.45) is 1.14. The zero-order chi connectivity index (χ0) is 30.7. The second-order valence-electron chi connectivity index (χ2n) is 12.5. The molecule has 6 heteroatoms. The van der Waals surface area contributed by atoms with Crippen molar-refractivity contribution in [2.75, 3.05) is 13.1 Å². The van der Waals surface area contributed by atoms with E-state index in [0.29, 0.717) is 26.1 Å². The summed E-state index contributed by atoms with van der Waals surface area (Å²) in [6.45, 7) is 7.53. The van der Waals surface area contributed by atoms with Crippen molar-refractivity contribution in [3.05, 3.63) is 125 Å². The molecule has 1 fully saturated rings. The van der Waals surface area contributed by atoms with Crippen molar-refractivity contribution >= 4 is 11.8 Å². The summed E-state index contributed by atoms with van der Waals surface area (Å²) >= 11 is 0. The molecule has 1 saturated heterocycles. The number of rotatable bonds is 6. The van der Waals surface area contributed by atoms with Crippen LogP contribution in [0.1, 0.15) is 60.9 Å². The van der Waals surface area contributed by atoms with Crippen molar-refractivity contribution in [3.63, 3.8) is 0 Å². The van der Waals surface area contributed by atoms with Crippen LogP contribution in [0.5, 0.6) is 5.75 Å². The Morgan fingerprint density at radius 3 is 2.34 bits per heavy atom. The first-order chi connectivity index (χ1) is 21.3. The molecule has 0 bridgehead atoms. The fourth-order valence-corrected chi connectivity index (χ4v) is 5.95. The predicted molar refractivity (Wildman–Crippen MR) is 173 cm³/mol. The first-order valence-corrected chi connectivity index (χ1v) is 15.2.